The van der Waals surface area contributed by atoms with Gasteiger partial charge in [0.25, 0.3) is 0 Å². The molecule has 0 unspecified atom stereocenters. The molecule has 0 radical (unpaired) electrons. The molecule has 2 aromatic carbocycles. The van der Waals surface area contributed by atoms with E-state index < -0.39 is 0 Å². The molecule has 0 fully saturated rings. The van der Waals surface area contributed by atoms with Crippen molar-refractivity contribution in [3.8, 4) is 11.6 Å². The second kappa shape index (κ2) is 8.94. The Labute approximate surface area is 194 Å². The minimum atomic E-state index is -0.225. The molecule has 1 amide bonds. The Balaban J connectivity index is 1.37. The van der Waals surface area contributed by atoms with Gasteiger partial charge in [-0.15, -0.1) is 10.2 Å². The van der Waals surface area contributed by atoms with Gasteiger partial charge >= 0.3 is 0 Å². The fourth-order valence-electron chi connectivity index (χ4n) is 3.43. The van der Waals surface area contributed by atoms with Crippen molar-refractivity contribution in [3.05, 3.63) is 85.2 Å². The highest BCUT2D eigenvalue weighted by Gasteiger charge is 2.09. The molecule has 5 aromatic rings. The number of carbonyl (C=O) groups is 1. The third-order valence-electron chi connectivity index (χ3n) is 5.17. The van der Waals surface area contributed by atoms with E-state index in [4.69, 9.17) is 4.74 Å². The molecular weight excluding hydrogens is 432 g/mol. The fraction of sp³-hybridized carbons (Fsp3) is 0.0833. The van der Waals surface area contributed by atoms with E-state index in [1.54, 1.807) is 23.1 Å². The van der Waals surface area contributed by atoms with Gasteiger partial charge in [-0.1, -0.05) is 12.6 Å². The van der Waals surface area contributed by atoms with E-state index in [-0.39, 0.29) is 5.91 Å². The lowest BCUT2D eigenvalue weighted by Gasteiger charge is -2.12. The molecule has 3 heterocycles. The molecule has 5 rings (SSSR count). The van der Waals surface area contributed by atoms with Gasteiger partial charge in [0.1, 0.15) is 30.5 Å². The fourth-order valence-corrected chi connectivity index (χ4v) is 3.43. The second-order valence-electron chi connectivity index (χ2n) is 7.53. The highest BCUT2D eigenvalue weighted by Crippen LogP contribution is 2.29. The molecule has 0 aliphatic heterocycles. The summed E-state index contributed by atoms with van der Waals surface area (Å²) in [4.78, 5) is 24.5. The second-order valence-corrected chi connectivity index (χ2v) is 7.53. The molecule has 0 saturated carbocycles. The van der Waals surface area contributed by atoms with Crippen LogP contribution in [0.15, 0.2) is 74.1 Å². The minimum absolute atomic E-state index is 0.225. The number of carbonyl (C=O) groups excluding carboxylic acids is 1. The Kier molecular flexibility index (Phi) is 5.53. The van der Waals surface area contributed by atoms with Gasteiger partial charge in [-0.25, -0.2) is 15.0 Å². The maximum Gasteiger partial charge on any atom is 0.243 e. The number of amides is 1. The zero-order valence-corrected chi connectivity index (χ0v) is 18.3. The molecule has 10 heteroatoms. The normalized spacial score (nSPS) is 10.9. The van der Waals surface area contributed by atoms with Gasteiger partial charge in [-0.05, 0) is 54.5 Å². The highest BCUT2D eigenvalue weighted by molar-refractivity contribution is 5.91. The average molecular weight is 452 g/mol. The number of nitrogens with one attached hydrogen (secondary N) is 2. The van der Waals surface area contributed by atoms with Crippen LogP contribution in [0, 0.1) is 6.92 Å². The number of nitrogens with zero attached hydrogens (tertiary/aromatic N) is 6. The van der Waals surface area contributed by atoms with Crippen LogP contribution in [0.4, 0.5) is 11.5 Å². The molecule has 2 N–H and O–H groups in total. The zero-order chi connectivity index (χ0) is 23.5. The van der Waals surface area contributed by atoms with E-state index in [0.29, 0.717) is 29.6 Å². The summed E-state index contributed by atoms with van der Waals surface area (Å²) in [5.74, 6) is 1.54. The van der Waals surface area contributed by atoms with Crippen LogP contribution in [-0.2, 0) is 11.3 Å². The molecule has 0 aliphatic rings. The number of anilines is 2. The smallest absolute Gasteiger partial charge is 0.243 e. The Hall–Kier alpha value is -4.86. The van der Waals surface area contributed by atoms with Gasteiger partial charge in [0, 0.05) is 23.7 Å². The Morgan fingerprint density at radius 3 is 2.88 bits per heavy atom. The van der Waals surface area contributed by atoms with Gasteiger partial charge < -0.3 is 15.4 Å². The molecule has 168 valence electrons. The summed E-state index contributed by atoms with van der Waals surface area (Å²) in [5.41, 5.74) is 4.14. The molecule has 0 atom stereocenters. The average Bonchev–Trinajstić information content (AvgIpc) is 3.32. The summed E-state index contributed by atoms with van der Waals surface area (Å²) in [6, 6.07) is 13.2. The summed E-state index contributed by atoms with van der Waals surface area (Å²) in [6.45, 7) is 5.81. The van der Waals surface area contributed by atoms with Crippen molar-refractivity contribution in [1.82, 2.24) is 34.9 Å². The number of rotatable bonds is 7. The largest absolute Gasteiger partial charge is 0.439 e. The number of benzene rings is 2. The van der Waals surface area contributed by atoms with Crippen molar-refractivity contribution in [2.45, 2.75) is 13.5 Å². The lowest BCUT2D eigenvalue weighted by atomic mass is 10.1. The summed E-state index contributed by atoms with van der Waals surface area (Å²) >= 11 is 0. The number of aryl methyl sites for hydroxylation is 1. The first kappa shape index (κ1) is 21.0. The van der Waals surface area contributed by atoms with Crippen molar-refractivity contribution in [3.63, 3.8) is 0 Å². The first-order valence-corrected chi connectivity index (χ1v) is 10.4. The summed E-state index contributed by atoms with van der Waals surface area (Å²) in [6.07, 6.45) is 5.94. The van der Waals surface area contributed by atoms with Crippen LogP contribution in [0.25, 0.3) is 16.6 Å². The molecule has 0 saturated heterocycles. The summed E-state index contributed by atoms with van der Waals surface area (Å²) < 4.78 is 7.65. The van der Waals surface area contributed by atoms with Crippen molar-refractivity contribution in [1.29, 1.82) is 0 Å². The third-order valence-corrected chi connectivity index (χ3v) is 5.17. The van der Waals surface area contributed by atoms with E-state index in [1.807, 2.05) is 43.3 Å². The van der Waals surface area contributed by atoms with Crippen LogP contribution in [0.5, 0.6) is 11.6 Å². The van der Waals surface area contributed by atoms with Crippen molar-refractivity contribution < 1.29 is 9.53 Å². The molecule has 0 aliphatic carbocycles. The van der Waals surface area contributed by atoms with Crippen LogP contribution in [0.3, 0.4) is 0 Å². The summed E-state index contributed by atoms with van der Waals surface area (Å²) in [7, 11) is 0. The number of hydrogen-bond donors (Lipinski definition) is 2. The first-order chi connectivity index (χ1) is 16.6. The Bertz CT molecular complexity index is 1530. The number of aromatic nitrogens is 6. The van der Waals surface area contributed by atoms with Crippen molar-refractivity contribution in [2.24, 2.45) is 0 Å². The van der Waals surface area contributed by atoms with E-state index in [1.165, 1.54) is 12.4 Å². The number of hydrogen-bond acceptors (Lipinski definition) is 8. The third kappa shape index (κ3) is 4.37. The Morgan fingerprint density at radius 1 is 1.12 bits per heavy atom. The van der Waals surface area contributed by atoms with Crippen LogP contribution in [-0.4, -0.2) is 35.5 Å². The van der Waals surface area contributed by atoms with Crippen LogP contribution >= 0.6 is 0 Å². The lowest BCUT2D eigenvalue weighted by Crippen LogP contribution is -2.19. The van der Waals surface area contributed by atoms with Gasteiger partial charge in [0.15, 0.2) is 5.65 Å². The maximum absolute atomic E-state index is 11.5. The maximum atomic E-state index is 11.5. The molecule has 34 heavy (non-hydrogen) atoms. The zero-order valence-electron chi connectivity index (χ0n) is 18.3. The van der Waals surface area contributed by atoms with Gasteiger partial charge in [0.2, 0.25) is 11.8 Å². The van der Waals surface area contributed by atoms with Crippen molar-refractivity contribution in [2.75, 3.05) is 5.32 Å². The molecular formula is C24H20N8O2. The molecule has 0 bridgehead atoms. The lowest BCUT2D eigenvalue weighted by molar-refractivity contribution is -0.116. The van der Waals surface area contributed by atoms with E-state index in [9.17, 15) is 4.79 Å². The number of fused-ring (bicyclic) bond motifs is 2. The SMILES string of the molecule is C=CC(=O)NCc1ccc2ncnc(Nc3ccc(Oc4cc5nncn5cn4)c(C)c3)c2c1. The van der Waals surface area contributed by atoms with Gasteiger partial charge in [-0.3, -0.25) is 9.20 Å². The topological polar surface area (TPSA) is 119 Å². The van der Waals surface area contributed by atoms with Gasteiger partial charge in [0.05, 0.1) is 5.52 Å². The van der Waals surface area contributed by atoms with Crippen molar-refractivity contribution >= 4 is 34.0 Å². The first-order valence-electron chi connectivity index (χ1n) is 10.4. The van der Waals surface area contributed by atoms with E-state index in [2.05, 4.69) is 42.4 Å². The predicted molar refractivity (Wildman–Crippen MR) is 127 cm³/mol. The highest BCUT2D eigenvalue weighted by atomic mass is 16.5. The molecule has 10 nitrogen and oxygen atoms in total. The standard InChI is InChI=1S/C24H20N8O2/c1-3-22(33)25-11-16-4-6-19-18(9-16)24(27-12-26-19)30-17-5-7-20(15(2)8-17)34-23-10-21-31-29-14-32(21)13-28-23/h3-10,12-14H,1,11H2,2H3,(H,25,33)(H,26,27,30). The monoisotopic (exact) mass is 452 g/mol. The molecule has 3 aromatic heterocycles. The van der Waals surface area contributed by atoms with Crippen LogP contribution in [0.2, 0.25) is 0 Å². The van der Waals surface area contributed by atoms with E-state index in [0.717, 1.165) is 27.7 Å². The Morgan fingerprint density at radius 2 is 2.03 bits per heavy atom. The quantitative estimate of drug-likeness (QED) is 0.359. The number of ether oxygens (including phenoxy) is 1. The van der Waals surface area contributed by atoms with Gasteiger partial charge in [-0.2, -0.15) is 0 Å². The van der Waals surface area contributed by atoms with Crippen LogP contribution < -0.4 is 15.4 Å². The predicted octanol–water partition coefficient (Wildman–Crippen LogP) is 3.71. The minimum Gasteiger partial charge on any atom is -0.439 e. The summed E-state index contributed by atoms with van der Waals surface area (Å²) in [5, 5.41) is 14.8. The molecule has 0 spiro atoms. The van der Waals surface area contributed by atoms with Crippen LogP contribution in [0.1, 0.15) is 11.1 Å². The van der Waals surface area contributed by atoms with E-state index >= 15 is 0 Å².